The summed E-state index contributed by atoms with van der Waals surface area (Å²) in [7, 11) is 0. The number of carbonyl (C=O) groups excluding carboxylic acids is 2. The van der Waals surface area contributed by atoms with Crippen LogP contribution in [0.15, 0.2) is 114 Å². The number of hydrogen-bond acceptors (Lipinski definition) is 3. The van der Waals surface area contributed by atoms with E-state index in [-0.39, 0.29) is 18.2 Å². The fourth-order valence-electron chi connectivity index (χ4n) is 4.87. The summed E-state index contributed by atoms with van der Waals surface area (Å²) >= 11 is 0. The second-order valence-corrected chi connectivity index (χ2v) is 9.46. The first-order valence-electron chi connectivity index (χ1n) is 12.9. The Morgan fingerprint density at radius 1 is 0.846 bits per heavy atom. The second kappa shape index (κ2) is 11.6. The van der Waals surface area contributed by atoms with Gasteiger partial charge in [0, 0.05) is 27.9 Å². The molecule has 0 saturated carbocycles. The fraction of sp³-hybridized carbons (Fsp3) is 0.121. The van der Waals surface area contributed by atoms with Gasteiger partial charge in [0.15, 0.2) is 0 Å². The van der Waals surface area contributed by atoms with Crippen LogP contribution in [0.3, 0.4) is 0 Å². The highest BCUT2D eigenvalue weighted by molar-refractivity contribution is 5.95. The van der Waals surface area contributed by atoms with E-state index in [1.54, 1.807) is 18.3 Å². The third-order valence-electron chi connectivity index (χ3n) is 6.80. The van der Waals surface area contributed by atoms with Gasteiger partial charge in [-0.05, 0) is 49.1 Å². The van der Waals surface area contributed by atoms with Crippen LogP contribution in [0.1, 0.15) is 45.3 Å². The Morgan fingerprint density at radius 2 is 1.51 bits per heavy atom. The molecule has 0 unspecified atom stereocenters. The van der Waals surface area contributed by atoms with Crippen LogP contribution >= 0.6 is 0 Å². The molecular weight excluding hydrogens is 484 g/mol. The highest BCUT2D eigenvalue weighted by atomic mass is 16.2. The molecule has 0 aliphatic carbocycles. The monoisotopic (exact) mass is 514 g/mol. The molecule has 2 N–H and O–H groups in total. The smallest absolute Gasteiger partial charge is 0.251 e. The molecule has 6 heteroatoms. The fourth-order valence-corrected chi connectivity index (χ4v) is 4.87. The summed E-state index contributed by atoms with van der Waals surface area (Å²) in [6, 6.07) is 34.6. The maximum absolute atomic E-state index is 12.9. The number of amides is 2. The molecule has 2 amide bonds. The summed E-state index contributed by atoms with van der Waals surface area (Å²) in [5, 5.41) is 9.58. The molecule has 6 nitrogen and oxygen atoms in total. The molecule has 0 fully saturated rings. The first-order chi connectivity index (χ1) is 19.0. The van der Waals surface area contributed by atoms with Gasteiger partial charge in [-0.3, -0.25) is 9.59 Å². The Morgan fingerprint density at radius 3 is 2.28 bits per heavy atom. The number of nitrogens with one attached hydrogen (secondary N) is 2. The first-order valence-corrected chi connectivity index (χ1v) is 12.9. The lowest BCUT2D eigenvalue weighted by Gasteiger charge is -2.18. The quantitative estimate of drug-likeness (QED) is 0.189. The minimum Gasteiger partial charge on any atom is -0.345 e. The summed E-state index contributed by atoms with van der Waals surface area (Å²) < 4.78 is 2.20. The minimum absolute atomic E-state index is 0.0505. The van der Waals surface area contributed by atoms with E-state index in [0.717, 1.165) is 28.2 Å². The zero-order valence-electron chi connectivity index (χ0n) is 22.0. The summed E-state index contributed by atoms with van der Waals surface area (Å²) in [5.41, 5.74) is 8.15. The molecular formula is C33H30N4O2. The van der Waals surface area contributed by atoms with Gasteiger partial charge in [0.25, 0.3) is 5.91 Å². The second-order valence-electron chi connectivity index (χ2n) is 9.46. The van der Waals surface area contributed by atoms with Crippen molar-refractivity contribution in [2.75, 3.05) is 0 Å². The van der Waals surface area contributed by atoms with Crippen molar-refractivity contribution in [3.8, 4) is 5.69 Å². The number of rotatable bonds is 8. The van der Waals surface area contributed by atoms with Crippen molar-refractivity contribution < 1.29 is 9.59 Å². The number of benzene rings is 4. The number of nitrogens with zero attached hydrogens (tertiary/aromatic N) is 2. The van der Waals surface area contributed by atoms with Crippen LogP contribution in [-0.4, -0.2) is 22.6 Å². The van der Waals surface area contributed by atoms with Crippen LogP contribution in [0, 0.1) is 13.8 Å². The molecule has 5 aromatic rings. The molecule has 39 heavy (non-hydrogen) atoms. The van der Waals surface area contributed by atoms with Gasteiger partial charge < -0.3 is 9.88 Å². The first kappa shape index (κ1) is 25.7. The van der Waals surface area contributed by atoms with Gasteiger partial charge in [-0.2, -0.15) is 5.10 Å². The Balaban J connectivity index is 1.31. The third-order valence-corrected chi connectivity index (χ3v) is 6.80. The minimum atomic E-state index is -0.495. The molecule has 0 saturated heterocycles. The van der Waals surface area contributed by atoms with Crippen molar-refractivity contribution in [1.29, 1.82) is 0 Å². The van der Waals surface area contributed by atoms with E-state index in [1.165, 1.54) is 10.8 Å². The van der Waals surface area contributed by atoms with Gasteiger partial charge in [-0.1, -0.05) is 84.9 Å². The SMILES string of the molecule is Cc1cc(/C=N\NC(=O)C[C@@H](NC(=O)c2ccccc2)c2ccccc2)c(C)n1-c1cccc2ccccc12. The van der Waals surface area contributed by atoms with Crippen molar-refractivity contribution >= 4 is 28.8 Å². The predicted octanol–water partition coefficient (Wildman–Crippen LogP) is 6.26. The van der Waals surface area contributed by atoms with E-state index in [2.05, 4.69) is 63.7 Å². The van der Waals surface area contributed by atoms with Gasteiger partial charge in [-0.15, -0.1) is 0 Å². The molecule has 0 aliphatic heterocycles. The van der Waals surface area contributed by atoms with Crippen LogP contribution in [0.5, 0.6) is 0 Å². The molecule has 0 radical (unpaired) electrons. The Labute approximate surface area is 228 Å². The highest BCUT2D eigenvalue weighted by Gasteiger charge is 2.19. The molecule has 0 bridgehead atoms. The van der Waals surface area contributed by atoms with Crippen molar-refractivity contribution in [2.45, 2.75) is 26.3 Å². The van der Waals surface area contributed by atoms with Crippen LogP contribution in [-0.2, 0) is 4.79 Å². The summed E-state index contributed by atoms with van der Waals surface area (Å²) in [6.07, 6.45) is 1.72. The number of fused-ring (bicyclic) bond motifs is 1. The molecule has 5 rings (SSSR count). The molecule has 1 heterocycles. The normalized spacial score (nSPS) is 11.9. The van der Waals surface area contributed by atoms with Crippen LogP contribution in [0.2, 0.25) is 0 Å². The zero-order valence-corrected chi connectivity index (χ0v) is 22.0. The van der Waals surface area contributed by atoms with Crippen molar-refractivity contribution in [3.05, 3.63) is 137 Å². The van der Waals surface area contributed by atoms with Crippen LogP contribution < -0.4 is 10.7 Å². The Bertz CT molecular complexity index is 1630. The largest absolute Gasteiger partial charge is 0.345 e. The van der Waals surface area contributed by atoms with Gasteiger partial charge in [-0.25, -0.2) is 5.43 Å². The lowest BCUT2D eigenvalue weighted by atomic mass is 10.0. The van der Waals surface area contributed by atoms with Gasteiger partial charge in [0.2, 0.25) is 5.91 Å². The van der Waals surface area contributed by atoms with Crippen molar-refractivity contribution in [1.82, 2.24) is 15.3 Å². The molecule has 1 aromatic heterocycles. The molecule has 1 atom stereocenters. The van der Waals surface area contributed by atoms with E-state index >= 15 is 0 Å². The van der Waals surface area contributed by atoms with Gasteiger partial charge >= 0.3 is 0 Å². The number of hydrazone groups is 1. The van der Waals surface area contributed by atoms with Gasteiger partial charge in [0.05, 0.1) is 24.4 Å². The average Bonchev–Trinajstić information content (AvgIpc) is 3.25. The van der Waals surface area contributed by atoms with E-state index in [9.17, 15) is 9.59 Å². The average molecular weight is 515 g/mol. The van der Waals surface area contributed by atoms with Crippen LogP contribution in [0.25, 0.3) is 16.5 Å². The molecule has 4 aromatic carbocycles. The number of aryl methyl sites for hydroxylation is 1. The maximum Gasteiger partial charge on any atom is 0.251 e. The summed E-state index contributed by atoms with van der Waals surface area (Å²) in [4.78, 5) is 25.7. The lowest BCUT2D eigenvalue weighted by Crippen LogP contribution is -2.32. The van der Waals surface area contributed by atoms with Crippen LogP contribution in [0.4, 0.5) is 0 Å². The highest BCUT2D eigenvalue weighted by Crippen LogP contribution is 2.27. The maximum atomic E-state index is 12.9. The van der Waals surface area contributed by atoms with Crippen molar-refractivity contribution in [2.24, 2.45) is 5.10 Å². The topological polar surface area (TPSA) is 75.5 Å². The Hall–Kier alpha value is -4.97. The number of hydrogen-bond donors (Lipinski definition) is 2. The van der Waals surface area contributed by atoms with E-state index in [0.29, 0.717) is 5.56 Å². The van der Waals surface area contributed by atoms with Crippen molar-refractivity contribution in [3.63, 3.8) is 0 Å². The van der Waals surface area contributed by atoms with E-state index in [4.69, 9.17) is 0 Å². The predicted molar refractivity (Wildman–Crippen MR) is 156 cm³/mol. The third kappa shape index (κ3) is 5.80. The zero-order chi connectivity index (χ0) is 27.2. The standard InChI is InChI=1S/C33H30N4O2/c1-23-20-28(24(2)37(23)31-19-11-17-25-12-9-10-18-29(25)31)22-34-36-32(38)21-30(26-13-5-3-6-14-26)35-33(39)27-15-7-4-8-16-27/h3-20,22,30H,21H2,1-2H3,(H,35,39)(H,36,38)/b34-22-/t30-/m1/s1. The van der Waals surface area contributed by atoms with Gasteiger partial charge in [0.1, 0.15) is 0 Å². The Kier molecular flexibility index (Phi) is 7.64. The number of carbonyl (C=O) groups is 2. The molecule has 194 valence electrons. The molecule has 0 spiro atoms. The lowest BCUT2D eigenvalue weighted by molar-refractivity contribution is -0.121. The summed E-state index contributed by atoms with van der Waals surface area (Å²) in [6.45, 7) is 4.10. The molecule has 0 aliphatic rings. The summed E-state index contributed by atoms with van der Waals surface area (Å²) in [5.74, 6) is -0.530. The van der Waals surface area contributed by atoms with E-state index < -0.39 is 6.04 Å². The van der Waals surface area contributed by atoms with E-state index in [1.807, 2.05) is 67.6 Å². The number of aromatic nitrogens is 1.